The highest BCUT2D eigenvalue weighted by atomic mass is 35.5. The first kappa shape index (κ1) is 14.1. The van der Waals surface area contributed by atoms with Crippen molar-refractivity contribution in [3.63, 3.8) is 0 Å². The largest absolute Gasteiger partial charge is 0.437 e. The molecule has 0 aliphatic heterocycles. The van der Waals surface area contributed by atoms with Crippen molar-refractivity contribution in [3.8, 4) is 11.6 Å². The molecule has 19 heavy (non-hydrogen) atoms. The Kier molecular flexibility index (Phi) is 4.61. The number of rotatable bonds is 4. The normalized spacial score (nSPS) is 10.5. The summed E-state index contributed by atoms with van der Waals surface area (Å²) in [7, 11) is 0. The Hall–Kier alpha value is -1.32. The Morgan fingerprint density at radius 1 is 1.21 bits per heavy atom. The van der Waals surface area contributed by atoms with Gasteiger partial charge >= 0.3 is 0 Å². The maximum Gasteiger partial charge on any atom is 0.227 e. The first-order valence-corrected chi connectivity index (χ1v) is 6.80. The predicted molar refractivity (Wildman–Crippen MR) is 77.3 cm³/mol. The summed E-state index contributed by atoms with van der Waals surface area (Å²) in [6, 6.07) is 5.60. The van der Waals surface area contributed by atoms with Crippen LogP contribution < -0.4 is 4.74 Å². The van der Waals surface area contributed by atoms with Crippen LogP contribution in [-0.2, 0) is 6.42 Å². The van der Waals surface area contributed by atoms with Crippen LogP contribution in [0.4, 0.5) is 0 Å². The summed E-state index contributed by atoms with van der Waals surface area (Å²) < 4.78 is 5.76. The molecule has 0 saturated heterocycles. The lowest BCUT2D eigenvalue weighted by atomic mass is 10.2. The van der Waals surface area contributed by atoms with E-state index in [-0.39, 0.29) is 0 Å². The minimum Gasteiger partial charge on any atom is -0.437 e. The van der Waals surface area contributed by atoms with Crippen molar-refractivity contribution in [2.24, 2.45) is 0 Å². The van der Waals surface area contributed by atoms with Gasteiger partial charge < -0.3 is 4.74 Å². The van der Waals surface area contributed by atoms with Crippen LogP contribution in [0.1, 0.15) is 24.5 Å². The second-order valence-corrected chi connectivity index (χ2v) is 5.00. The summed E-state index contributed by atoms with van der Waals surface area (Å²) in [5.74, 6) is 1.03. The zero-order chi connectivity index (χ0) is 13.8. The Bertz CT molecular complexity index is 588. The molecule has 3 nitrogen and oxygen atoms in total. The van der Waals surface area contributed by atoms with Crippen LogP contribution in [0.25, 0.3) is 0 Å². The van der Waals surface area contributed by atoms with Crippen LogP contribution in [0.5, 0.6) is 11.6 Å². The molecule has 0 aliphatic rings. The fraction of sp³-hybridized carbons (Fsp3) is 0.286. The van der Waals surface area contributed by atoms with E-state index in [1.54, 1.807) is 0 Å². The van der Waals surface area contributed by atoms with E-state index in [0.29, 0.717) is 21.8 Å². The second kappa shape index (κ2) is 6.22. The molecular formula is C14H14Cl2N2O. The highest BCUT2D eigenvalue weighted by Crippen LogP contribution is 2.32. The Labute approximate surface area is 122 Å². The van der Waals surface area contributed by atoms with Crippen molar-refractivity contribution in [2.75, 3.05) is 0 Å². The number of nitrogens with zero attached hydrogens (tertiary/aromatic N) is 2. The van der Waals surface area contributed by atoms with Crippen LogP contribution in [0, 0.1) is 6.92 Å². The van der Waals surface area contributed by atoms with Gasteiger partial charge in [0.05, 0.1) is 10.6 Å². The number of halogens is 2. The molecule has 1 heterocycles. The third-order valence-electron chi connectivity index (χ3n) is 2.65. The van der Waals surface area contributed by atoms with Gasteiger partial charge in [0.1, 0.15) is 17.2 Å². The monoisotopic (exact) mass is 296 g/mol. The molecule has 1 aromatic carbocycles. The van der Waals surface area contributed by atoms with Crippen LogP contribution in [-0.4, -0.2) is 9.97 Å². The van der Waals surface area contributed by atoms with E-state index < -0.39 is 0 Å². The molecule has 0 unspecified atom stereocenters. The predicted octanol–water partition coefficient (Wildman–Crippen LogP) is 4.84. The van der Waals surface area contributed by atoms with Gasteiger partial charge in [-0.05, 0) is 31.0 Å². The van der Waals surface area contributed by atoms with Gasteiger partial charge in [0, 0.05) is 0 Å². The van der Waals surface area contributed by atoms with E-state index in [0.717, 1.165) is 24.0 Å². The third-order valence-corrected chi connectivity index (χ3v) is 3.27. The Balaban J connectivity index is 2.35. The fourth-order valence-electron chi connectivity index (χ4n) is 1.72. The first-order valence-electron chi connectivity index (χ1n) is 6.05. The lowest BCUT2D eigenvalue weighted by Crippen LogP contribution is -1.98. The number of aromatic nitrogens is 2. The van der Waals surface area contributed by atoms with Crippen LogP contribution in [0.2, 0.25) is 10.2 Å². The summed E-state index contributed by atoms with van der Waals surface area (Å²) in [6.45, 7) is 4.03. The molecule has 1 aromatic heterocycles. The molecule has 2 rings (SSSR count). The van der Waals surface area contributed by atoms with Crippen LogP contribution >= 0.6 is 23.2 Å². The molecule has 0 saturated carbocycles. The van der Waals surface area contributed by atoms with E-state index >= 15 is 0 Å². The van der Waals surface area contributed by atoms with Gasteiger partial charge in [-0.2, -0.15) is 0 Å². The van der Waals surface area contributed by atoms with E-state index in [9.17, 15) is 0 Å². The smallest absolute Gasteiger partial charge is 0.227 e. The first-order chi connectivity index (χ1) is 9.11. The maximum atomic E-state index is 6.15. The number of hydrogen-bond donors (Lipinski definition) is 0. The summed E-state index contributed by atoms with van der Waals surface area (Å²) in [4.78, 5) is 8.12. The minimum absolute atomic E-state index is 0.426. The zero-order valence-corrected chi connectivity index (χ0v) is 12.3. The molecule has 0 atom stereocenters. The van der Waals surface area contributed by atoms with Gasteiger partial charge in [0.2, 0.25) is 5.88 Å². The lowest BCUT2D eigenvalue weighted by Gasteiger charge is -2.11. The van der Waals surface area contributed by atoms with Gasteiger partial charge in [-0.15, -0.1) is 0 Å². The third kappa shape index (κ3) is 3.37. The average molecular weight is 297 g/mol. The molecule has 0 spiro atoms. The molecule has 0 aliphatic carbocycles. The topological polar surface area (TPSA) is 35.0 Å². The molecule has 0 fully saturated rings. The minimum atomic E-state index is 0.426. The molecule has 100 valence electrons. The van der Waals surface area contributed by atoms with Gasteiger partial charge in [-0.3, -0.25) is 0 Å². The summed E-state index contributed by atoms with van der Waals surface area (Å²) in [6.07, 6.45) is 3.09. The van der Waals surface area contributed by atoms with Crippen molar-refractivity contribution < 1.29 is 4.74 Å². The number of benzene rings is 1. The van der Waals surface area contributed by atoms with Crippen LogP contribution in [0.15, 0.2) is 24.5 Å². The van der Waals surface area contributed by atoms with E-state index in [2.05, 4.69) is 16.9 Å². The van der Waals surface area contributed by atoms with Crippen molar-refractivity contribution in [1.82, 2.24) is 9.97 Å². The van der Waals surface area contributed by atoms with Gasteiger partial charge in [-0.1, -0.05) is 42.6 Å². The lowest BCUT2D eigenvalue weighted by molar-refractivity contribution is 0.454. The van der Waals surface area contributed by atoms with Crippen molar-refractivity contribution >= 4 is 23.2 Å². The molecule has 0 amide bonds. The van der Waals surface area contributed by atoms with Gasteiger partial charge in [-0.25, -0.2) is 9.97 Å². The molecule has 0 N–H and O–H groups in total. The number of hydrogen-bond acceptors (Lipinski definition) is 3. The number of ether oxygens (including phenoxy) is 1. The molecule has 0 radical (unpaired) electrons. The SMILES string of the molecule is CCCc1c(Cl)ncnc1Oc1ccc(C)cc1Cl. The molecule has 0 bridgehead atoms. The van der Waals surface area contributed by atoms with E-state index in [4.69, 9.17) is 27.9 Å². The Morgan fingerprint density at radius 2 is 2.00 bits per heavy atom. The molecule has 2 aromatic rings. The summed E-state index contributed by atoms with van der Waals surface area (Å²) >= 11 is 12.2. The maximum absolute atomic E-state index is 6.15. The van der Waals surface area contributed by atoms with Crippen LogP contribution in [0.3, 0.4) is 0 Å². The number of aryl methyl sites for hydroxylation is 1. The van der Waals surface area contributed by atoms with E-state index in [1.165, 1.54) is 6.33 Å². The molecule has 5 heteroatoms. The summed E-state index contributed by atoms with van der Waals surface area (Å²) in [5.41, 5.74) is 1.88. The van der Waals surface area contributed by atoms with E-state index in [1.807, 2.05) is 25.1 Å². The highest BCUT2D eigenvalue weighted by molar-refractivity contribution is 6.32. The fourth-order valence-corrected chi connectivity index (χ4v) is 2.21. The quantitative estimate of drug-likeness (QED) is 0.758. The summed E-state index contributed by atoms with van der Waals surface area (Å²) in [5, 5.41) is 0.979. The zero-order valence-electron chi connectivity index (χ0n) is 10.8. The average Bonchev–Trinajstić information content (AvgIpc) is 2.37. The van der Waals surface area contributed by atoms with Gasteiger partial charge in [0.15, 0.2) is 0 Å². The highest BCUT2D eigenvalue weighted by Gasteiger charge is 2.12. The van der Waals surface area contributed by atoms with Crippen molar-refractivity contribution in [2.45, 2.75) is 26.7 Å². The van der Waals surface area contributed by atoms with Gasteiger partial charge in [0.25, 0.3) is 0 Å². The Morgan fingerprint density at radius 3 is 2.68 bits per heavy atom. The van der Waals surface area contributed by atoms with Crippen molar-refractivity contribution in [3.05, 3.63) is 45.8 Å². The van der Waals surface area contributed by atoms with Crippen molar-refractivity contribution in [1.29, 1.82) is 0 Å². The molecular weight excluding hydrogens is 283 g/mol. The standard InChI is InChI=1S/C14H14Cl2N2O/c1-3-4-10-13(16)17-8-18-14(10)19-12-6-5-9(2)7-11(12)15/h5-8H,3-4H2,1-2H3. The second-order valence-electron chi connectivity index (χ2n) is 4.23.